The zero-order valence-corrected chi connectivity index (χ0v) is 16.2. The fourth-order valence-electron chi connectivity index (χ4n) is 2.31. The molecule has 2 atom stereocenters. The van der Waals surface area contributed by atoms with Crippen molar-refractivity contribution in [1.29, 1.82) is 0 Å². The van der Waals surface area contributed by atoms with Crippen molar-refractivity contribution in [3.05, 3.63) is 48.1 Å². The number of nitrogens with one attached hydrogen (secondary N) is 2. The number of urea groups is 1. The highest BCUT2D eigenvalue weighted by Crippen LogP contribution is 2.44. The van der Waals surface area contributed by atoms with Crippen molar-refractivity contribution in [3.8, 4) is 0 Å². The van der Waals surface area contributed by atoms with Gasteiger partial charge in [-0.1, -0.05) is 36.5 Å². The zero-order valence-electron chi connectivity index (χ0n) is 13.0. The molecule has 132 valence electrons. The van der Waals surface area contributed by atoms with E-state index in [1.807, 2.05) is 0 Å². The molecule has 1 aliphatic carbocycles. The number of amides is 3. The van der Waals surface area contributed by atoms with Crippen LogP contribution in [0, 0.1) is 0 Å². The fourth-order valence-corrected chi connectivity index (χ4v) is 3.43. The van der Waals surface area contributed by atoms with E-state index >= 15 is 0 Å². The van der Waals surface area contributed by atoms with Gasteiger partial charge in [0.1, 0.15) is 4.99 Å². The highest BCUT2D eigenvalue weighted by atomic mass is 79.9. The second-order valence-corrected chi connectivity index (χ2v) is 7.58. The van der Waals surface area contributed by atoms with Crippen molar-refractivity contribution in [3.63, 3.8) is 0 Å². The SMILES string of the molecule is CC(=O)Nc1ccccc1C1=CC(Cl)(C(=S)NC(N)=O)C(O)(Br)C=C1. The predicted molar refractivity (Wildman–Crippen MR) is 106 cm³/mol. The molecule has 0 saturated carbocycles. The molecule has 0 spiro atoms. The number of aliphatic hydroxyl groups is 1. The number of nitrogens with two attached hydrogens (primary N) is 1. The van der Waals surface area contributed by atoms with Crippen LogP contribution in [-0.2, 0) is 4.79 Å². The number of alkyl halides is 2. The first kappa shape index (κ1) is 19.6. The molecule has 0 saturated heterocycles. The Kier molecular flexibility index (Phi) is 5.68. The molecule has 1 aromatic rings. The van der Waals surface area contributed by atoms with Gasteiger partial charge < -0.3 is 21.5 Å². The molecule has 5 N–H and O–H groups in total. The first-order valence-electron chi connectivity index (χ1n) is 7.07. The molecule has 1 aromatic carbocycles. The van der Waals surface area contributed by atoms with E-state index in [1.54, 1.807) is 30.3 Å². The summed E-state index contributed by atoms with van der Waals surface area (Å²) in [6.45, 7) is 1.40. The summed E-state index contributed by atoms with van der Waals surface area (Å²) in [5.74, 6) is -0.229. The number of primary amides is 1. The van der Waals surface area contributed by atoms with Gasteiger partial charge >= 0.3 is 6.03 Å². The molecule has 0 radical (unpaired) electrons. The van der Waals surface area contributed by atoms with Gasteiger partial charge in [-0.05, 0) is 39.7 Å². The van der Waals surface area contributed by atoms with Crippen LogP contribution in [0.4, 0.5) is 10.5 Å². The number of para-hydroxylation sites is 1. The van der Waals surface area contributed by atoms with Gasteiger partial charge in [-0.15, -0.1) is 11.6 Å². The molecular formula is C16H15BrClN3O3S. The summed E-state index contributed by atoms with van der Waals surface area (Å²) in [7, 11) is 0. The van der Waals surface area contributed by atoms with Crippen LogP contribution in [-0.4, -0.2) is 31.4 Å². The summed E-state index contributed by atoms with van der Waals surface area (Å²) >= 11 is 14.8. The molecule has 0 fully saturated rings. The maximum absolute atomic E-state index is 11.4. The van der Waals surface area contributed by atoms with Crippen molar-refractivity contribution in [2.45, 2.75) is 16.3 Å². The number of halogens is 2. The molecule has 25 heavy (non-hydrogen) atoms. The van der Waals surface area contributed by atoms with Crippen LogP contribution in [0.25, 0.3) is 5.57 Å². The predicted octanol–water partition coefficient (Wildman–Crippen LogP) is 2.65. The third-order valence-corrected chi connectivity index (χ3v) is 5.70. The van der Waals surface area contributed by atoms with Crippen LogP contribution in [0.2, 0.25) is 0 Å². The first-order valence-corrected chi connectivity index (χ1v) is 8.65. The monoisotopic (exact) mass is 443 g/mol. The molecule has 0 aliphatic heterocycles. The third-order valence-electron chi connectivity index (χ3n) is 3.46. The minimum Gasteiger partial charge on any atom is -0.373 e. The quantitative estimate of drug-likeness (QED) is 0.425. The Hall–Kier alpha value is -1.74. The minimum atomic E-state index is -1.74. The summed E-state index contributed by atoms with van der Waals surface area (Å²) in [6.07, 6.45) is 4.51. The highest BCUT2D eigenvalue weighted by Gasteiger charge is 2.50. The highest BCUT2D eigenvalue weighted by molar-refractivity contribution is 9.10. The van der Waals surface area contributed by atoms with Gasteiger partial charge in [0.25, 0.3) is 0 Å². The third kappa shape index (κ3) is 4.09. The molecule has 1 aliphatic rings. The van der Waals surface area contributed by atoms with Gasteiger partial charge in [0.2, 0.25) is 5.91 Å². The van der Waals surface area contributed by atoms with Crippen molar-refractivity contribution < 1.29 is 14.7 Å². The summed E-state index contributed by atoms with van der Waals surface area (Å²) < 4.78 is -1.74. The first-order chi connectivity index (χ1) is 11.6. The summed E-state index contributed by atoms with van der Waals surface area (Å²) in [5, 5.41) is 15.5. The van der Waals surface area contributed by atoms with E-state index < -0.39 is 15.4 Å². The molecular weight excluding hydrogens is 430 g/mol. The lowest BCUT2D eigenvalue weighted by atomic mass is 9.88. The topological polar surface area (TPSA) is 104 Å². The lowest BCUT2D eigenvalue weighted by molar-refractivity contribution is -0.114. The van der Waals surface area contributed by atoms with Gasteiger partial charge in [-0.25, -0.2) is 4.79 Å². The fraction of sp³-hybridized carbons (Fsp3) is 0.188. The van der Waals surface area contributed by atoms with E-state index in [4.69, 9.17) is 29.6 Å². The van der Waals surface area contributed by atoms with Crippen molar-refractivity contribution in [2.24, 2.45) is 5.73 Å². The molecule has 0 aromatic heterocycles. The zero-order chi connectivity index (χ0) is 18.8. The Labute approximate surface area is 163 Å². The normalized spacial score (nSPS) is 25.0. The average Bonchev–Trinajstić information content (AvgIpc) is 2.49. The number of hydrogen-bond donors (Lipinski definition) is 4. The Morgan fingerprint density at radius 3 is 2.60 bits per heavy atom. The van der Waals surface area contributed by atoms with Gasteiger partial charge in [-0.2, -0.15) is 0 Å². The van der Waals surface area contributed by atoms with Crippen LogP contribution in [0.15, 0.2) is 42.5 Å². The molecule has 3 amide bonds. The molecule has 6 nitrogen and oxygen atoms in total. The molecule has 0 heterocycles. The van der Waals surface area contributed by atoms with Gasteiger partial charge in [0.15, 0.2) is 9.38 Å². The maximum Gasteiger partial charge on any atom is 0.317 e. The number of carbonyl (C=O) groups is 2. The maximum atomic E-state index is 11.4. The van der Waals surface area contributed by atoms with Crippen LogP contribution < -0.4 is 16.4 Å². The summed E-state index contributed by atoms with van der Waals surface area (Å²) in [5.41, 5.74) is 6.93. The van der Waals surface area contributed by atoms with E-state index in [-0.39, 0.29) is 10.9 Å². The van der Waals surface area contributed by atoms with Crippen molar-refractivity contribution in [2.75, 3.05) is 5.32 Å². The number of hydrogen-bond acceptors (Lipinski definition) is 4. The number of thiocarbonyl (C=S) groups is 1. The second-order valence-electron chi connectivity index (χ2n) is 5.36. The summed E-state index contributed by atoms with van der Waals surface area (Å²) in [6, 6.07) is 6.19. The van der Waals surface area contributed by atoms with E-state index in [0.717, 1.165) is 0 Å². The number of rotatable bonds is 3. The van der Waals surface area contributed by atoms with Crippen molar-refractivity contribution in [1.82, 2.24) is 5.32 Å². The van der Waals surface area contributed by atoms with Gasteiger partial charge in [-0.3, -0.25) is 4.79 Å². The van der Waals surface area contributed by atoms with Crippen LogP contribution in [0.1, 0.15) is 12.5 Å². The van der Waals surface area contributed by atoms with E-state index in [0.29, 0.717) is 16.8 Å². The average molecular weight is 445 g/mol. The number of anilines is 1. The van der Waals surface area contributed by atoms with Crippen LogP contribution in [0.3, 0.4) is 0 Å². The Morgan fingerprint density at radius 2 is 2.00 bits per heavy atom. The lowest BCUT2D eigenvalue weighted by Gasteiger charge is -2.38. The molecule has 9 heteroatoms. The Morgan fingerprint density at radius 1 is 1.36 bits per heavy atom. The van der Waals surface area contributed by atoms with Gasteiger partial charge in [0, 0.05) is 18.2 Å². The van der Waals surface area contributed by atoms with Crippen LogP contribution >= 0.6 is 39.7 Å². The summed E-state index contributed by atoms with van der Waals surface area (Å²) in [4.78, 5) is 20.7. The molecule has 2 unspecified atom stereocenters. The molecule has 0 bridgehead atoms. The minimum absolute atomic E-state index is 0.167. The number of allylic oxidation sites excluding steroid dienone is 2. The van der Waals surface area contributed by atoms with E-state index in [1.165, 1.54) is 19.1 Å². The lowest BCUT2D eigenvalue weighted by Crippen LogP contribution is -2.56. The smallest absolute Gasteiger partial charge is 0.317 e. The second kappa shape index (κ2) is 7.25. The number of carbonyl (C=O) groups excluding carboxylic acids is 2. The largest absolute Gasteiger partial charge is 0.373 e. The van der Waals surface area contributed by atoms with Crippen molar-refractivity contribution >= 4 is 67.9 Å². The standard InChI is InChI=1S/C16H15BrClN3O3S/c1-9(22)20-12-5-3-2-4-11(12)10-6-7-16(17,24)15(18,8-10)13(25)21-14(19)23/h2-8,24H,1H3,(H,20,22)(H3,19,21,23,25). The van der Waals surface area contributed by atoms with E-state index in [9.17, 15) is 14.7 Å². The number of benzene rings is 1. The molecule has 2 rings (SSSR count). The van der Waals surface area contributed by atoms with E-state index in [2.05, 4.69) is 26.6 Å². The Balaban J connectivity index is 2.53. The Bertz CT molecular complexity index is 810. The van der Waals surface area contributed by atoms with Gasteiger partial charge in [0.05, 0.1) is 0 Å². The van der Waals surface area contributed by atoms with Crippen LogP contribution in [0.5, 0.6) is 0 Å².